The number of carbonyl (C=O) groups excluding carboxylic acids is 2. The van der Waals surface area contributed by atoms with Gasteiger partial charge in [0.15, 0.2) is 0 Å². The summed E-state index contributed by atoms with van der Waals surface area (Å²) in [6, 6.07) is 8.36. The van der Waals surface area contributed by atoms with Gasteiger partial charge in [0, 0.05) is 16.9 Å². The number of halogens is 2. The molecular weight excluding hydrogens is 403 g/mol. The molecule has 1 atom stereocenters. The number of fused-ring (bicyclic) bond motifs is 2. The van der Waals surface area contributed by atoms with Crippen molar-refractivity contribution in [3.63, 3.8) is 0 Å². The smallest absolute Gasteiger partial charge is 0.241 e. The van der Waals surface area contributed by atoms with Crippen molar-refractivity contribution in [2.75, 3.05) is 5.32 Å². The standard InChI is InChI=1S/C18H16Cl2N6O2/c19-9-2-4-13-12(5-9)18(17(28)24-13)6-14(27)25-16(15(18)21)26(22)8-11-3-1-10(20)7-23-11/h1-5,7H,6,8,21-22H2,(H,24,28)(H,25,27). The number of hydrogen-bond acceptors (Lipinski definition) is 6. The molecule has 144 valence electrons. The van der Waals surface area contributed by atoms with Crippen LogP contribution in [0, 0.1) is 0 Å². The van der Waals surface area contributed by atoms with Gasteiger partial charge in [-0.15, -0.1) is 0 Å². The number of benzene rings is 1. The number of nitrogens with zero attached hydrogens (tertiary/aromatic N) is 2. The Bertz CT molecular complexity index is 1020. The molecule has 0 aliphatic carbocycles. The Morgan fingerprint density at radius 1 is 1.14 bits per heavy atom. The number of nitrogens with one attached hydrogen (secondary N) is 2. The number of pyridine rings is 1. The summed E-state index contributed by atoms with van der Waals surface area (Å²) in [5.74, 6) is 5.54. The Labute approximate surface area is 170 Å². The average molecular weight is 419 g/mol. The van der Waals surface area contributed by atoms with Crippen LogP contribution >= 0.6 is 23.2 Å². The fourth-order valence-electron chi connectivity index (χ4n) is 3.53. The first-order chi connectivity index (χ1) is 13.3. The molecule has 6 N–H and O–H groups in total. The van der Waals surface area contributed by atoms with Crippen LogP contribution in [0.15, 0.2) is 48.0 Å². The van der Waals surface area contributed by atoms with Crippen LogP contribution in [0.3, 0.4) is 0 Å². The molecule has 0 fully saturated rings. The summed E-state index contributed by atoms with van der Waals surface area (Å²) in [5, 5.41) is 7.62. The zero-order chi connectivity index (χ0) is 20.1. The minimum atomic E-state index is -1.37. The predicted octanol–water partition coefficient (Wildman–Crippen LogP) is 1.60. The van der Waals surface area contributed by atoms with E-state index in [1.54, 1.807) is 30.3 Å². The SMILES string of the molecule is NC1=C(N(N)Cc2ccc(Cl)cn2)NC(=O)CC12C(=O)Nc1ccc(Cl)cc12. The van der Waals surface area contributed by atoms with Crippen LogP contribution in [-0.2, 0) is 21.5 Å². The summed E-state index contributed by atoms with van der Waals surface area (Å²) < 4.78 is 0. The van der Waals surface area contributed by atoms with E-state index in [0.29, 0.717) is 27.0 Å². The van der Waals surface area contributed by atoms with Crippen LogP contribution < -0.4 is 22.2 Å². The van der Waals surface area contributed by atoms with Crippen molar-refractivity contribution in [1.82, 2.24) is 15.3 Å². The molecule has 0 bridgehead atoms. The van der Waals surface area contributed by atoms with Crippen molar-refractivity contribution < 1.29 is 9.59 Å². The molecule has 28 heavy (non-hydrogen) atoms. The maximum Gasteiger partial charge on any atom is 0.241 e. The first kappa shape index (κ1) is 18.5. The molecule has 4 rings (SSSR count). The van der Waals surface area contributed by atoms with Gasteiger partial charge in [-0.05, 0) is 35.9 Å². The highest BCUT2D eigenvalue weighted by Gasteiger charge is 2.54. The van der Waals surface area contributed by atoms with Gasteiger partial charge in [0.2, 0.25) is 11.8 Å². The summed E-state index contributed by atoms with van der Waals surface area (Å²) in [5.41, 5.74) is 6.91. The summed E-state index contributed by atoms with van der Waals surface area (Å²) >= 11 is 12.0. The lowest BCUT2D eigenvalue weighted by Crippen LogP contribution is -2.54. The Morgan fingerprint density at radius 3 is 2.61 bits per heavy atom. The third-order valence-electron chi connectivity index (χ3n) is 4.88. The van der Waals surface area contributed by atoms with Crippen LogP contribution in [-0.4, -0.2) is 21.8 Å². The summed E-state index contributed by atoms with van der Waals surface area (Å²) in [6.45, 7) is 0.146. The molecule has 8 nitrogen and oxygen atoms in total. The molecule has 2 aliphatic heterocycles. The number of carbonyl (C=O) groups is 2. The molecule has 0 saturated carbocycles. The maximum atomic E-state index is 12.9. The summed E-state index contributed by atoms with van der Waals surface area (Å²) in [7, 11) is 0. The van der Waals surface area contributed by atoms with E-state index in [2.05, 4.69) is 15.6 Å². The van der Waals surface area contributed by atoms with Gasteiger partial charge in [-0.2, -0.15) is 0 Å². The second-order valence-corrected chi connectivity index (χ2v) is 7.51. The van der Waals surface area contributed by atoms with Crippen LogP contribution in [0.2, 0.25) is 10.0 Å². The molecule has 1 unspecified atom stereocenters. The van der Waals surface area contributed by atoms with E-state index in [4.69, 9.17) is 34.8 Å². The van der Waals surface area contributed by atoms with E-state index in [-0.39, 0.29) is 30.4 Å². The fourth-order valence-corrected chi connectivity index (χ4v) is 3.82. The molecule has 1 spiro atoms. The summed E-state index contributed by atoms with van der Waals surface area (Å²) in [6.07, 6.45) is 1.35. The van der Waals surface area contributed by atoms with Gasteiger partial charge < -0.3 is 16.4 Å². The molecule has 2 amide bonds. The number of rotatable bonds is 3. The number of hydrazine groups is 1. The highest BCUT2D eigenvalue weighted by molar-refractivity contribution is 6.31. The third kappa shape index (κ3) is 2.86. The lowest BCUT2D eigenvalue weighted by atomic mass is 9.74. The van der Waals surface area contributed by atoms with Gasteiger partial charge >= 0.3 is 0 Å². The van der Waals surface area contributed by atoms with E-state index >= 15 is 0 Å². The highest BCUT2D eigenvalue weighted by Crippen LogP contribution is 2.47. The van der Waals surface area contributed by atoms with E-state index in [1.807, 2.05) is 0 Å². The topological polar surface area (TPSA) is 126 Å². The Balaban J connectivity index is 1.78. The molecule has 1 aromatic heterocycles. The van der Waals surface area contributed by atoms with Gasteiger partial charge in [-0.25, -0.2) is 5.84 Å². The molecule has 2 aromatic rings. The van der Waals surface area contributed by atoms with E-state index in [1.165, 1.54) is 11.2 Å². The Morgan fingerprint density at radius 2 is 1.89 bits per heavy atom. The largest absolute Gasteiger partial charge is 0.398 e. The maximum absolute atomic E-state index is 12.9. The molecule has 3 heterocycles. The average Bonchev–Trinajstić information content (AvgIpc) is 2.92. The zero-order valence-electron chi connectivity index (χ0n) is 14.5. The number of hydrogen-bond donors (Lipinski definition) is 4. The molecule has 2 aliphatic rings. The number of anilines is 1. The van der Waals surface area contributed by atoms with Gasteiger partial charge in [0.25, 0.3) is 0 Å². The minimum Gasteiger partial charge on any atom is -0.398 e. The van der Waals surface area contributed by atoms with Crippen LogP contribution in [0.25, 0.3) is 0 Å². The van der Waals surface area contributed by atoms with Crippen LogP contribution in [0.1, 0.15) is 17.7 Å². The van der Waals surface area contributed by atoms with Crippen molar-refractivity contribution in [3.8, 4) is 0 Å². The third-order valence-corrected chi connectivity index (χ3v) is 5.34. The van der Waals surface area contributed by atoms with Gasteiger partial charge in [-0.3, -0.25) is 19.6 Å². The Kier molecular flexibility index (Phi) is 4.41. The van der Waals surface area contributed by atoms with Crippen molar-refractivity contribution in [2.24, 2.45) is 11.6 Å². The monoisotopic (exact) mass is 418 g/mol. The lowest BCUT2D eigenvalue weighted by molar-refractivity contribution is -0.128. The van der Waals surface area contributed by atoms with Gasteiger partial charge in [0.05, 0.1) is 29.4 Å². The molecule has 10 heteroatoms. The van der Waals surface area contributed by atoms with Gasteiger partial charge in [0.1, 0.15) is 11.2 Å². The van der Waals surface area contributed by atoms with Crippen molar-refractivity contribution in [3.05, 3.63) is 69.3 Å². The quantitative estimate of drug-likeness (QED) is 0.442. The van der Waals surface area contributed by atoms with E-state index < -0.39 is 11.3 Å². The molecule has 0 radical (unpaired) electrons. The molecule has 1 aromatic carbocycles. The van der Waals surface area contributed by atoms with Crippen LogP contribution in [0.4, 0.5) is 5.69 Å². The van der Waals surface area contributed by atoms with E-state index in [9.17, 15) is 9.59 Å². The van der Waals surface area contributed by atoms with Crippen molar-refractivity contribution >= 4 is 40.7 Å². The molecular formula is C18H16Cl2N6O2. The normalized spacial score (nSPS) is 20.8. The minimum absolute atomic E-state index is 0.141. The lowest BCUT2D eigenvalue weighted by Gasteiger charge is -2.36. The Hall–Kier alpha value is -2.81. The second kappa shape index (κ2) is 6.66. The first-order valence-electron chi connectivity index (χ1n) is 8.35. The van der Waals surface area contributed by atoms with Crippen LogP contribution in [0.5, 0.6) is 0 Å². The first-order valence-corrected chi connectivity index (χ1v) is 9.11. The zero-order valence-corrected chi connectivity index (χ0v) is 16.0. The second-order valence-electron chi connectivity index (χ2n) is 6.63. The van der Waals surface area contributed by atoms with E-state index in [0.717, 1.165) is 0 Å². The summed E-state index contributed by atoms with van der Waals surface area (Å²) in [4.78, 5) is 29.6. The fraction of sp³-hybridized carbons (Fsp3) is 0.167. The van der Waals surface area contributed by atoms with Crippen molar-refractivity contribution in [1.29, 1.82) is 0 Å². The number of amides is 2. The number of aromatic nitrogens is 1. The number of nitrogens with two attached hydrogens (primary N) is 2. The van der Waals surface area contributed by atoms with Crippen molar-refractivity contribution in [2.45, 2.75) is 18.4 Å². The molecule has 0 saturated heterocycles. The predicted molar refractivity (Wildman–Crippen MR) is 105 cm³/mol. The van der Waals surface area contributed by atoms with Gasteiger partial charge in [-0.1, -0.05) is 23.2 Å². The highest BCUT2D eigenvalue weighted by atomic mass is 35.5.